The minimum atomic E-state index is 0.752. The quantitative estimate of drug-likeness (QED) is 0.665. The van der Waals surface area contributed by atoms with Crippen LogP contribution in [-0.2, 0) is 0 Å². The second-order valence-corrected chi connectivity index (χ2v) is 6.31. The van der Waals surface area contributed by atoms with Crippen LogP contribution < -0.4 is 5.32 Å². The van der Waals surface area contributed by atoms with Gasteiger partial charge in [0.05, 0.1) is 0 Å². The highest BCUT2D eigenvalue weighted by Crippen LogP contribution is 2.30. The summed E-state index contributed by atoms with van der Waals surface area (Å²) >= 11 is 0. The molecule has 0 bridgehead atoms. The van der Waals surface area contributed by atoms with Crippen LogP contribution >= 0.6 is 0 Å². The van der Waals surface area contributed by atoms with Crippen molar-refractivity contribution in [2.45, 2.75) is 83.6 Å². The molecule has 1 saturated carbocycles. The Labute approximate surface area is 113 Å². The van der Waals surface area contributed by atoms with Crippen LogP contribution in [0.3, 0.4) is 0 Å². The lowest BCUT2D eigenvalue weighted by atomic mass is 9.82. The highest BCUT2D eigenvalue weighted by molar-refractivity contribution is 5.07. The summed E-state index contributed by atoms with van der Waals surface area (Å²) in [5.41, 5.74) is 1.74. The standard InChI is InChI=1S/C17H31N/c1-2-18-17(13-15-9-5-3-6-10-15)14-16-11-7-4-8-12-16/h9,16-18H,2-8,10-14H2,1H3. The molecule has 104 valence electrons. The Hall–Kier alpha value is -0.300. The molecule has 0 aromatic carbocycles. The van der Waals surface area contributed by atoms with Crippen molar-refractivity contribution in [3.63, 3.8) is 0 Å². The van der Waals surface area contributed by atoms with Crippen LogP contribution in [0, 0.1) is 5.92 Å². The topological polar surface area (TPSA) is 12.0 Å². The monoisotopic (exact) mass is 249 g/mol. The van der Waals surface area contributed by atoms with Gasteiger partial charge in [-0.2, -0.15) is 0 Å². The van der Waals surface area contributed by atoms with E-state index in [0.717, 1.165) is 18.5 Å². The first-order valence-electron chi connectivity index (χ1n) is 8.29. The summed E-state index contributed by atoms with van der Waals surface area (Å²) in [4.78, 5) is 0. The summed E-state index contributed by atoms with van der Waals surface area (Å²) in [6.45, 7) is 3.38. The van der Waals surface area contributed by atoms with Crippen LogP contribution in [0.25, 0.3) is 0 Å². The van der Waals surface area contributed by atoms with Crippen LogP contribution in [0.15, 0.2) is 11.6 Å². The van der Waals surface area contributed by atoms with Gasteiger partial charge >= 0.3 is 0 Å². The molecule has 0 aliphatic heterocycles. The van der Waals surface area contributed by atoms with Crippen LogP contribution in [0.2, 0.25) is 0 Å². The third kappa shape index (κ3) is 4.76. The highest BCUT2D eigenvalue weighted by atomic mass is 14.9. The van der Waals surface area contributed by atoms with E-state index < -0.39 is 0 Å². The Balaban J connectivity index is 1.80. The average molecular weight is 249 g/mol. The van der Waals surface area contributed by atoms with Gasteiger partial charge in [0.2, 0.25) is 0 Å². The zero-order valence-electron chi connectivity index (χ0n) is 12.2. The molecule has 0 radical (unpaired) electrons. The van der Waals surface area contributed by atoms with E-state index in [1.54, 1.807) is 5.57 Å². The summed E-state index contributed by atoms with van der Waals surface area (Å²) in [7, 11) is 0. The largest absolute Gasteiger partial charge is 0.314 e. The van der Waals surface area contributed by atoms with E-state index in [4.69, 9.17) is 0 Å². The normalized spacial score (nSPS) is 23.7. The van der Waals surface area contributed by atoms with Crippen LogP contribution in [0.1, 0.15) is 77.6 Å². The molecule has 1 fully saturated rings. The Bertz CT molecular complexity index is 250. The average Bonchev–Trinajstić information content (AvgIpc) is 2.41. The van der Waals surface area contributed by atoms with Crippen molar-refractivity contribution in [2.24, 2.45) is 5.92 Å². The molecule has 1 heteroatoms. The molecule has 0 heterocycles. The first-order chi connectivity index (χ1) is 8.88. The molecule has 1 atom stereocenters. The number of rotatable bonds is 6. The number of hydrogen-bond acceptors (Lipinski definition) is 1. The Morgan fingerprint density at radius 1 is 1.17 bits per heavy atom. The molecule has 1 unspecified atom stereocenters. The van der Waals surface area contributed by atoms with E-state index in [1.807, 2.05) is 0 Å². The minimum absolute atomic E-state index is 0.752. The second kappa shape index (κ2) is 7.99. The Morgan fingerprint density at radius 2 is 2.00 bits per heavy atom. The Kier molecular flexibility index (Phi) is 6.26. The molecular formula is C17H31N. The van der Waals surface area contributed by atoms with E-state index >= 15 is 0 Å². The van der Waals surface area contributed by atoms with Crippen molar-refractivity contribution >= 4 is 0 Å². The lowest BCUT2D eigenvalue weighted by molar-refractivity contribution is 0.297. The fourth-order valence-electron chi connectivity index (χ4n) is 3.76. The van der Waals surface area contributed by atoms with Gasteiger partial charge in [0.15, 0.2) is 0 Å². The lowest BCUT2D eigenvalue weighted by Gasteiger charge is -2.28. The number of allylic oxidation sites excluding steroid dienone is 1. The third-order valence-electron chi connectivity index (χ3n) is 4.73. The molecule has 1 nitrogen and oxygen atoms in total. The second-order valence-electron chi connectivity index (χ2n) is 6.31. The van der Waals surface area contributed by atoms with E-state index in [0.29, 0.717) is 0 Å². The smallest absolute Gasteiger partial charge is 0.0107 e. The van der Waals surface area contributed by atoms with Crippen LogP contribution in [0.5, 0.6) is 0 Å². The van der Waals surface area contributed by atoms with Gasteiger partial charge in [-0.3, -0.25) is 0 Å². The van der Waals surface area contributed by atoms with Crippen molar-refractivity contribution in [3.8, 4) is 0 Å². The van der Waals surface area contributed by atoms with Gasteiger partial charge in [-0.05, 0) is 51.0 Å². The zero-order valence-corrected chi connectivity index (χ0v) is 12.2. The third-order valence-corrected chi connectivity index (χ3v) is 4.73. The van der Waals surface area contributed by atoms with Gasteiger partial charge in [0.1, 0.15) is 0 Å². The first-order valence-corrected chi connectivity index (χ1v) is 8.29. The fraction of sp³-hybridized carbons (Fsp3) is 0.882. The van der Waals surface area contributed by atoms with Crippen molar-refractivity contribution in [2.75, 3.05) is 6.54 Å². The predicted molar refractivity (Wildman–Crippen MR) is 79.8 cm³/mol. The molecule has 0 saturated heterocycles. The number of nitrogens with one attached hydrogen (secondary N) is 1. The van der Waals surface area contributed by atoms with Gasteiger partial charge in [0.25, 0.3) is 0 Å². The lowest BCUT2D eigenvalue weighted by Crippen LogP contribution is -2.32. The maximum Gasteiger partial charge on any atom is 0.0107 e. The molecule has 18 heavy (non-hydrogen) atoms. The summed E-state index contributed by atoms with van der Waals surface area (Å²) in [5.74, 6) is 1.01. The van der Waals surface area contributed by atoms with Crippen LogP contribution in [-0.4, -0.2) is 12.6 Å². The van der Waals surface area contributed by atoms with Crippen molar-refractivity contribution in [1.29, 1.82) is 0 Å². The fourth-order valence-corrected chi connectivity index (χ4v) is 3.76. The molecule has 2 rings (SSSR count). The maximum atomic E-state index is 3.74. The molecular weight excluding hydrogens is 218 g/mol. The van der Waals surface area contributed by atoms with Crippen LogP contribution in [0.4, 0.5) is 0 Å². The van der Waals surface area contributed by atoms with E-state index in [2.05, 4.69) is 18.3 Å². The van der Waals surface area contributed by atoms with Gasteiger partial charge in [-0.1, -0.05) is 50.7 Å². The molecule has 0 spiro atoms. The van der Waals surface area contributed by atoms with Gasteiger partial charge in [-0.25, -0.2) is 0 Å². The molecule has 0 amide bonds. The summed E-state index contributed by atoms with van der Waals surface area (Å²) in [6.07, 6.45) is 18.2. The van der Waals surface area contributed by atoms with Gasteiger partial charge in [0, 0.05) is 6.04 Å². The Morgan fingerprint density at radius 3 is 2.67 bits per heavy atom. The summed E-state index contributed by atoms with van der Waals surface area (Å²) in [5, 5.41) is 3.74. The molecule has 0 aromatic heterocycles. The number of hydrogen-bond donors (Lipinski definition) is 1. The van der Waals surface area contributed by atoms with Crippen molar-refractivity contribution < 1.29 is 0 Å². The SMILES string of the molecule is CCNC(CC1=CCCCC1)CC1CCCCC1. The van der Waals surface area contributed by atoms with Crippen molar-refractivity contribution in [3.05, 3.63) is 11.6 Å². The molecule has 0 aromatic rings. The van der Waals surface area contributed by atoms with E-state index in [1.165, 1.54) is 70.6 Å². The van der Waals surface area contributed by atoms with Gasteiger partial charge in [-0.15, -0.1) is 0 Å². The first kappa shape index (κ1) is 14.1. The molecule has 1 N–H and O–H groups in total. The summed E-state index contributed by atoms with van der Waals surface area (Å²) in [6, 6.07) is 0.752. The zero-order chi connectivity index (χ0) is 12.6. The molecule has 2 aliphatic rings. The highest BCUT2D eigenvalue weighted by Gasteiger charge is 2.19. The van der Waals surface area contributed by atoms with E-state index in [9.17, 15) is 0 Å². The van der Waals surface area contributed by atoms with Gasteiger partial charge < -0.3 is 5.32 Å². The molecule has 2 aliphatic carbocycles. The van der Waals surface area contributed by atoms with E-state index in [-0.39, 0.29) is 0 Å². The summed E-state index contributed by atoms with van der Waals surface area (Å²) < 4.78 is 0. The van der Waals surface area contributed by atoms with Crippen molar-refractivity contribution in [1.82, 2.24) is 5.32 Å². The maximum absolute atomic E-state index is 3.74. The predicted octanol–water partition coefficient (Wildman–Crippen LogP) is 4.83. The minimum Gasteiger partial charge on any atom is -0.314 e.